The fourth-order valence-corrected chi connectivity index (χ4v) is 3.11. The van der Waals surface area contributed by atoms with E-state index in [1.807, 2.05) is 36.5 Å². The Kier molecular flexibility index (Phi) is 4.19. The van der Waals surface area contributed by atoms with Gasteiger partial charge in [0.05, 0.1) is 18.2 Å². The first-order valence-electron chi connectivity index (χ1n) is 8.53. The molecular weight excluding hydrogens is 312 g/mol. The predicted octanol–water partition coefficient (Wildman–Crippen LogP) is 2.30. The van der Waals surface area contributed by atoms with Crippen LogP contribution in [0.2, 0.25) is 0 Å². The molecule has 0 atom stereocenters. The molecule has 1 aromatic carbocycles. The first-order chi connectivity index (χ1) is 12.2. The molecular formula is C19H22N6. The van der Waals surface area contributed by atoms with Crippen molar-refractivity contribution in [3.05, 3.63) is 49.2 Å². The molecule has 0 amide bonds. The molecule has 2 aromatic heterocycles. The highest BCUT2D eigenvalue weighted by molar-refractivity contribution is 5.68. The van der Waals surface area contributed by atoms with E-state index in [2.05, 4.69) is 56.1 Å². The Balaban J connectivity index is 1.51. The van der Waals surface area contributed by atoms with E-state index in [-0.39, 0.29) is 0 Å². The number of rotatable bonds is 3. The molecule has 0 unspecified atom stereocenters. The third-order valence-electron chi connectivity index (χ3n) is 4.76. The van der Waals surface area contributed by atoms with Gasteiger partial charge in [-0.3, -0.25) is 0 Å². The molecule has 6 nitrogen and oxygen atoms in total. The number of likely N-dealkylation sites (N-methyl/N-ethyl adjacent to an activating group) is 1. The Morgan fingerprint density at radius 3 is 2.00 bits per heavy atom. The van der Waals surface area contributed by atoms with Gasteiger partial charge in [-0.15, -0.1) is 0 Å². The summed E-state index contributed by atoms with van der Waals surface area (Å²) in [6.07, 6.45) is 7.52. The van der Waals surface area contributed by atoms with Crippen LogP contribution in [-0.2, 0) is 7.05 Å². The highest BCUT2D eigenvalue weighted by atomic mass is 15.3. The third-order valence-corrected chi connectivity index (χ3v) is 4.76. The van der Waals surface area contributed by atoms with Crippen molar-refractivity contribution in [3.8, 4) is 22.4 Å². The van der Waals surface area contributed by atoms with Crippen molar-refractivity contribution >= 4 is 5.95 Å². The standard InChI is InChI=1S/C19H22N6/c1-23-7-9-25(10-8-23)19-21-11-17(12-22-19)15-3-5-16(6-4-15)18-13-20-14-24(18)2/h3-6,11-14H,7-10H2,1-2H3. The first-order valence-corrected chi connectivity index (χ1v) is 8.53. The molecule has 0 bridgehead atoms. The molecule has 3 aromatic rings. The first kappa shape index (κ1) is 15.8. The minimum absolute atomic E-state index is 0.823. The SMILES string of the molecule is CN1CCN(c2ncc(-c3ccc(-c4cncn4C)cc3)cn2)CC1. The summed E-state index contributed by atoms with van der Waals surface area (Å²) in [6.45, 7) is 4.08. The molecule has 3 heterocycles. The highest BCUT2D eigenvalue weighted by Crippen LogP contribution is 2.24. The average molecular weight is 334 g/mol. The van der Waals surface area contributed by atoms with Crippen molar-refractivity contribution in [3.63, 3.8) is 0 Å². The summed E-state index contributed by atoms with van der Waals surface area (Å²) in [6, 6.07) is 8.44. The summed E-state index contributed by atoms with van der Waals surface area (Å²) in [5.41, 5.74) is 4.41. The number of aromatic nitrogens is 4. The maximum Gasteiger partial charge on any atom is 0.225 e. The van der Waals surface area contributed by atoms with Gasteiger partial charge >= 0.3 is 0 Å². The average Bonchev–Trinajstić information content (AvgIpc) is 3.09. The lowest BCUT2D eigenvalue weighted by atomic mass is 10.1. The van der Waals surface area contributed by atoms with Crippen LogP contribution < -0.4 is 4.90 Å². The Labute approximate surface area is 147 Å². The van der Waals surface area contributed by atoms with Crippen LogP contribution in [0.15, 0.2) is 49.2 Å². The fourth-order valence-electron chi connectivity index (χ4n) is 3.11. The molecule has 4 rings (SSSR count). The molecule has 6 heteroatoms. The third kappa shape index (κ3) is 3.25. The van der Waals surface area contributed by atoms with E-state index < -0.39 is 0 Å². The van der Waals surface area contributed by atoms with Crippen molar-refractivity contribution in [1.82, 2.24) is 24.4 Å². The second-order valence-electron chi connectivity index (χ2n) is 6.53. The minimum atomic E-state index is 0.823. The number of piperazine rings is 1. The number of aryl methyl sites for hydroxylation is 1. The molecule has 25 heavy (non-hydrogen) atoms. The van der Waals surface area contributed by atoms with Gasteiger partial charge in [-0.2, -0.15) is 0 Å². The van der Waals surface area contributed by atoms with Gasteiger partial charge in [0.15, 0.2) is 0 Å². The number of hydrogen-bond donors (Lipinski definition) is 0. The van der Waals surface area contributed by atoms with Crippen molar-refractivity contribution in [2.45, 2.75) is 0 Å². The van der Waals surface area contributed by atoms with Crippen LogP contribution in [0.3, 0.4) is 0 Å². The van der Waals surface area contributed by atoms with Crippen LogP contribution in [0.1, 0.15) is 0 Å². The molecule has 0 N–H and O–H groups in total. The summed E-state index contributed by atoms with van der Waals surface area (Å²) in [5.74, 6) is 0.823. The van der Waals surface area contributed by atoms with Gasteiger partial charge in [0, 0.05) is 51.2 Å². The molecule has 1 aliphatic heterocycles. The van der Waals surface area contributed by atoms with Gasteiger partial charge in [-0.05, 0) is 18.2 Å². The van der Waals surface area contributed by atoms with Gasteiger partial charge in [0.2, 0.25) is 5.95 Å². The van der Waals surface area contributed by atoms with Crippen LogP contribution in [0, 0.1) is 0 Å². The van der Waals surface area contributed by atoms with Crippen LogP contribution >= 0.6 is 0 Å². The molecule has 1 saturated heterocycles. The lowest BCUT2D eigenvalue weighted by Gasteiger charge is -2.32. The van der Waals surface area contributed by atoms with E-state index in [1.165, 1.54) is 0 Å². The van der Waals surface area contributed by atoms with Crippen LogP contribution in [-0.4, -0.2) is 57.6 Å². The Morgan fingerprint density at radius 1 is 0.760 bits per heavy atom. The van der Waals surface area contributed by atoms with E-state index in [1.54, 1.807) is 0 Å². The monoisotopic (exact) mass is 334 g/mol. The van der Waals surface area contributed by atoms with Crippen molar-refractivity contribution in [2.24, 2.45) is 7.05 Å². The molecule has 0 aliphatic carbocycles. The zero-order valence-electron chi connectivity index (χ0n) is 14.6. The van der Waals surface area contributed by atoms with Gasteiger partial charge in [-0.1, -0.05) is 24.3 Å². The maximum absolute atomic E-state index is 4.57. The molecule has 128 valence electrons. The summed E-state index contributed by atoms with van der Waals surface area (Å²) >= 11 is 0. The second-order valence-corrected chi connectivity index (χ2v) is 6.53. The quantitative estimate of drug-likeness (QED) is 0.736. The van der Waals surface area contributed by atoms with Crippen LogP contribution in [0.5, 0.6) is 0 Å². The van der Waals surface area contributed by atoms with E-state index in [0.29, 0.717) is 0 Å². The van der Waals surface area contributed by atoms with E-state index in [4.69, 9.17) is 0 Å². The Hall–Kier alpha value is -2.73. The van der Waals surface area contributed by atoms with E-state index in [0.717, 1.165) is 54.5 Å². The van der Waals surface area contributed by atoms with Gasteiger partial charge in [0.1, 0.15) is 0 Å². The maximum atomic E-state index is 4.57. The van der Waals surface area contributed by atoms with E-state index in [9.17, 15) is 0 Å². The predicted molar refractivity (Wildman–Crippen MR) is 99.4 cm³/mol. The number of anilines is 1. The molecule has 0 radical (unpaired) electrons. The highest BCUT2D eigenvalue weighted by Gasteiger charge is 2.16. The van der Waals surface area contributed by atoms with E-state index >= 15 is 0 Å². The van der Waals surface area contributed by atoms with Crippen molar-refractivity contribution in [2.75, 3.05) is 38.1 Å². The molecule has 0 spiro atoms. The second kappa shape index (κ2) is 6.64. The van der Waals surface area contributed by atoms with Gasteiger partial charge in [0.25, 0.3) is 0 Å². The summed E-state index contributed by atoms with van der Waals surface area (Å²) in [4.78, 5) is 17.9. The Bertz CT molecular complexity index is 829. The van der Waals surface area contributed by atoms with Gasteiger partial charge < -0.3 is 14.4 Å². The normalized spacial score (nSPS) is 15.5. The zero-order chi connectivity index (χ0) is 17.2. The number of benzene rings is 1. The summed E-state index contributed by atoms with van der Waals surface area (Å²) in [7, 11) is 4.15. The number of nitrogens with zero attached hydrogens (tertiary/aromatic N) is 6. The fraction of sp³-hybridized carbons (Fsp3) is 0.316. The summed E-state index contributed by atoms with van der Waals surface area (Å²) in [5, 5.41) is 0. The molecule has 0 saturated carbocycles. The zero-order valence-corrected chi connectivity index (χ0v) is 14.6. The number of imidazole rings is 1. The van der Waals surface area contributed by atoms with Gasteiger partial charge in [-0.25, -0.2) is 15.0 Å². The molecule has 1 fully saturated rings. The molecule has 1 aliphatic rings. The van der Waals surface area contributed by atoms with Crippen molar-refractivity contribution in [1.29, 1.82) is 0 Å². The van der Waals surface area contributed by atoms with Crippen LogP contribution in [0.25, 0.3) is 22.4 Å². The minimum Gasteiger partial charge on any atom is -0.338 e. The smallest absolute Gasteiger partial charge is 0.225 e. The summed E-state index contributed by atoms with van der Waals surface area (Å²) < 4.78 is 2.02. The lowest BCUT2D eigenvalue weighted by molar-refractivity contribution is 0.311. The largest absolute Gasteiger partial charge is 0.338 e. The van der Waals surface area contributed by atoms with Crippen LogP contribution in [0.4, 0.5) is 5.95 Å². The lowest BCUT2D eigenvalue weighted by Crippen LogP contribution is -2.45. The number of hydrogen-bond acceptors (Lipinski definition) is 5. The van der Waals surface area contributed by atoms with Crippen molar-refractivity contribution < 1.29 is 0 Å². The topological polar surface area (TPSA) is 50.1 Å². The Morgan fingerprint density at radius 2 is 1.40 bits per heavy atom.